The Kier molecular flexibility index (Phi) is 2.74. The molecule has 14 heavy (non-hydrogen) atoms. The van der Waals surface area contributed by atoms with Crippen molar-refractivity contribution in [1.82, 2.24) is 14.9 Å². The van der Waals surface area contributed by atoms with Gasteiger partial charge in [0.15, 0.2) is 0 Å². The van der Waals surface area contributed by atoms with E-state index < -0.39 is 0 Å². The molecule has 1 aromatic heterocycles. The molecule has 1 saturated heterocycles. The molecule has 0 saturated carbocycles. The van der Waals surface area contributed by atoms with Crippen LogP contribution in [0.1, 0.15) is 17.8 Å². The first-order valence-corrected chi connectivity index (χ1v) is 5.01. The van der Waals surface area contributed by atoms with Crippen LogP contribution in [0.4, 0.5) is 0 Å². The van der Waals surface area contributed by atoms with Gasteiger partial charge in [0.25, 0.3) is 0 Å². The summed E-state index contributed by atoms with van der Waals surface area (Å²) in [6.45, 7) is 4.72. The minimum Gasteiger partial charge on any atom is -0.329 e. The highest BCUT2D eigenvalue weighted by atomic mass is 15.2. The number of rotatable bonds is 3. The van der Waals surface area contributed by atoms with E-state index in [1.807, 2.05) is 19.3 Å². The highest BCUT2D eigenvalue weighted by Crippen LogP contribution is 2.18. The Morgan fingerprint density at radius 3 is 2.86 bits per heavy atom. The average molecular weight is 192 g/mol. The van der Waals surface area contributed by atoms with Crippen LogP contribution in [0.25, 0.3) is 0 Å². The first-order chi connectivity index (χ1) is 6.79. The van der Waals surface area contributed by atoms with Crippen molar-refractivity contribution < 1.29 is 0 Å². The monoisotopic (exact) mass is 192 g/mol. The molecular weight excluding hydrogens is 176 g/mol. The fourth-order valence-electron chi connectivity index (χ4n) is 1.68. The Hall–Kier alpha value is -1.00. The molecular formula is C10H16N4. The van der Waals surface area contributed by atoms with Crippen LogP contribution in [0.15, 0.2) is 12.4 Å². The number of nitrogens with zero attached hydrogens (tertiary/aromatic N) is 3. The van der Waals surface area contributed by atoms with Gasteiger partial charge >= 0.3 is 0 Å². The van der Waals surface area contributed by atoms with Gasteiger partial charge in [-0.05, 0) is 13.3 Å². The zero-order valence-corrected chi connectivity index (χ0v) is 8.48. The van der Waals surface area contributed by atoms with Gasteiger partial charge in [0.05, 0.1) is 11.4 Å². The summed E-state index contributed by atoms with van der Waals surface area (Å²) in [5.41, 5.74) is 7.63. The number of hydrogen-bond acceptors (Lipinski definition) is 4. The first-order valence-electron chi connectivity index (χ1n) is 5.01. The van der Waals surface area contributed by atoms with E-state index in [0.29, 0.717) is 6.04 Å². The van der Waals surface area contributed by atoms with Crippen LogP contribution in [0.5, 0.6) is 0 Å². The molecule has 76 valence electrons. The quantitative estimate of drug-likeness (QED) is 0.749. The van der Waals surface area contributed by atoms with Crippen molar-refractivity contribution in [2.45, 2.75) is 25.9 Å². The molecule has 0 aliphatic carbocycles. The minimum atomic E-state index is 0.554. The molecule has 0 aromatic carbocycles. The Balaban J connectivity index is 1.94. The summed E-state index contributed by atoms with van der Waals surface area (Å²) >= 11 is 0. The van der Waals surface area contributed by atoms with Gasteiger partial charge in [0.1, 0.15) is 0 Å². The third-order valence-electron chi connectivity index (χ3n) is 2.74. The molecule has 4 heteroatoms. The second kappa shape index (κ2) is 4.02. The molecule has 0 amide bonds. The summed E-state index contributed by atoms with van der Waals surface area (Å²) in [4.78, 5) is 10.9. The maximum atomic E-state index is 5.62. The van der Waals surface area contributed by atoms with Gasteiger partial charge in [-0.3, -0.25) is 14.9 Å². The van der Waals surface area contributed by atoms with Crippen LogP contribution in [0.2, 0.25) is 0 Å². The van der Waals surface area contributed by atoms with Crippen LogP contribution >= 0.6 is 0 Å². The number of aryl methyl sites for hydroxylation is 1. The van der Waals surface area contributed by atoms with Crippen LogP contribution in [0, 0.1) is 6.92 Å². The second-order valence-corrected chi connectivity index (χ2v) is 3.80. The lowest BCUT2D eigenvalue weighted by atomic mass is 10.0. The van der Waals surface area contributed by atoms with E-state index in [-0.39, 0.29) is 0 Å². The van der Waals surface area contributed by atoms with Gasteiger partial charge in [-0.25, -0.2) is 0 Å². The number of hydrogen-bond donors (Lipinski definition) is 1. The summed E-state index contributed by atoms with van der Waals surface area (Å²) in [6, 6.07) is 0.554. The van der Waals surface area contributed by atoms with Gasteiger partial charge in [-0.15, -0.1) is 0 Å². The summed E-state index contributed by atoms with van der Waals surface area (Å²) in [5, 5.41) is 0. The van der Waals surface area contributed by atoms with Crippen LogP contribution in [-0.2, 0) is 6.54 Å². The van der Waals surface area contributed by atoms with Crippen LogP contribution < -0.4 is 5.73 Å². The summed E-state index contributed by atoms with van der Waals surface area (Å²) < 4.78 is 0. The van der Waals surface area contributed by atoms with Crippen LogP contribution in [-0.4, -0.2) is 34.0 Å². The Labute approximate surface area is 84.2 Å². The van der Waals surface area contributed by atoms with Gasteiger partial charge in [-0.2, -0.15) is 0 Å². The molecule has 0 radical (unpaired) electrons. The topological polar surface area (TPSA) is 55.0 Å². The van der Waals surface area contributed by atoms with E-state index in [2.05, 4.69) is 14.9 Å². The van der Waals surface area contributed by atoms with Crippen LogP contribution in [0.3, 0.4) is 0 Å². The standard InChI is InChI=1S/C10H16N4/c1-8-5-13-9(6-12-8)7-14-3-2-10(14)4-11/h5-6,10H,2-4,7,11H2,1H3. The van der Waals surface area contributed by atoms with E-state index >= 15 is 0 Å². The maximum absolute atomic E-state index is 5.62. The van der Waals surface area contributed by atoms with Crippen molar-refractivity contribution in [3.05, 3.63) is 23.8 Å². The molecule has 0 spiro atoms. The Morgan fingerprint density at radius 2 is 2.36 bits per heavy atom. The third kappa shape index (κ3) is 1.91. The lowest BCUT2D eigenvalue weighted by Crippen LogP contribution is -2.51. The smallest absolute Gasteiger partial charge is 0.0727 e. The molecule has 2 heterocycles. The van der Waals surface area contributed by atoms with Crippen molar-refractivity contribution in [3.8, 4) is 0 Å². The SMILES string of the molecule is Cc1cnc(CN2CCC2CN)cn1. The van der Waals surface area contributed by atoms with E-state index in [0.717, 1.165) is 31.0 Å². The molecule has 4 nitrogen and oxygen atoms in total. The molecule has 1 unspecified atom stereocenters. The maximum Gasteiger partial charge on any atom is 0.0727 e. The molecule has 1 fully saturated rings. The Bertz CT molecular complexity index is 293. The summed E-state index contributed by atoms with van der Waals surface area (Å²) in [7, 11) is 0. The molecule has 1 aliphatic heterocycles. The van der Waals surface area contributed by atoms with Crippen molar-refractivity contribution in [2.24, 2.45) is 5.73 Å². The molecule has 0 bridgehead atoms. The predicted octanol–water partition coefficient (Wildman–Crippen LogP) is 0.318. The fourth-order valence-corrected chi connectivity index (χ4v) is 1.68. The number of likely N-dealkylation sites (tertiary alicyclic amines) is 1. The molecule has 1 atom stereocenters. The molecule has 1 aromatic rings. The molecule has 1 aliphatic rings. The van der Waals surface area contributed by atoms with Gasteiger partial charge in [0.2, 0.25) is 0 Å². The van der Waals surface area contributed by atoms with E-state index in [1.165, 1.54) is 6.42 Å². The lowest BCUT2D eigenvalue weighted by Gasteiger charge is -2.39. The number of nitrogens with two attached hydrogens (primary N) is 1. The van der Waals surface area contributed by atoms with E-state index in [1.54, 1.807) is 0 Å². The predicted molar refractivity (Wildman–Crippen MR) is 54.6 cm³/mol. The second-order valence-electron chi connectivity index (χ2n) is 3.80. The average Bonchev–Trinajstić information content (AvgIpc) is 2.16. The lowest BCUT2D eigenvalue weighted by molar-refractivity contribution is 0.0865. The van der Waals surface area contributed by atoms with Crippen molar-refractivity contribution in [1.29, 1.82) is 0 Å². The normalized spacial score (nSPS) is 22.0. The summed E-state index contributed by atoms with van der Waals surface area (Å²) in [5.74, 6) is 0. The minimum absolute atomic E-state index is 0.554. The van der Waals surface area contributed by atoms with Crippen molar-refractivity contribution >= 4 is 0 Å². The first kappa shape index (κ1) is 9.55. The van der Waals surface area contributed by atoms with E-state index in [4.69, 9.17) is 5.73 Å². The fraction of sp³-hybridized carbons (Fsp3) is 0.600. The summed E-state index contributed by atoms with van der Waals surface area (Å²) in [6.07, 6.45) is 4.88. The Morgan fingerprint density at radius 1 is 1.50 bits per heavy atom. The number of aromatic nitrogens is 2. The highest BCUT2D eigenvalue weighted by Gasteiger charge is 2.26. The van der Waals surface area contributed by atoms with Gasteiger partial charge in [-0.1, -0.05) is 0 Å². The third-order valence-corrected chi connectivity index (χ3v) is 2.74. The van der Waals surface area contributed by atoms with Gasteiger partial charge < -0.3 is 5.73 Å². The molecule has 2 rings (SSSR count). The van der Waals surface area contributed by atoms with Gasteiger partial charge in [0, 0.05) is 38.1 Å². The largest absolute Gasteiger partial charge is 0.329 e. The van der Waals surface area contributed by atoms with Crippen molar-refractivity contribution in [3.63, 3.8) is 0 Å². The zero-order chi connectivity index (χ0) is 9.97. The highest BCUT2D eigenvalue weighted by molar-refractivity contribution is 5.02. The zero-order valence-electron chi connectivity index (χ0n) is 8.48. The van der Waals surface area contributed by atoms with Crippen molar-refractivity contribution in [2.75, 3.05) is 13.1 Å². The van der Waals surface area contributed by atoms with E-state index in [9.17, 15) is 0 Å². The molecule has 2 N–H and O–H groups in total.